The van der Waals surface area contributed by atoms with E-state index in [9.17, 15) is 4.79 Å². The monoisotopic (exact) mass is 333 g/mol. The van der Waals surface area contributed by atoms with Gasteiger partial charge in [-0.15, -0.1) is 11.3 Å². The maximum atomic E-state index is 12.3. The second kappa shape index (κ2) is 7.06. The van der Waals surface area contributed by atoms with Crippen molar-refractivity contribution < 1.29 is 14.3 Å². The number of anilines is 1. The third-order valence-electron chi connectivity index (χ3n) is 3.51. The molecule has 1 amide bonds. The minimum Gasteiger partial charge on any atom is -0.493 e. The molecule has 2 aromatic heterocycles. The van der Waals surface area contributed by atoms with Crippen molar-refractivity contribution in [3.8, 4) is 5.75 Å². The first-order chi connectivity index (χ1) is 11.1. The number of rotatable bonds is 5. The first kappa shape index (κ1) is 15.9. The third-order valence-corrected chi connectivity index (χ3v) is 4.38. The highest BCUT2D eigenvalue weighted by Crippen LogP contribution is 2.20. The zero-order valence-corrected chi connectivity index (χ0v) is 14.0. The minimum atomic E-state index is -0.280. The second-order valence-electron chi connectivity index (χ2n) is 5.62. The number of thiazole rings is 1. The Balaban J connectivity index is 1.67. The van der Waals surface area contributed by atoms with Crippen LogP contribution in [-0.2, 0) is 4.74 Å². The van der Waals surface area contributed by atoms with Crippen LogP contribution in [0, 0.1) is 19.8 Å². The van der Waals surface area contributed by atoms with Crippen molar-refractivity contribution in [3.63, 3.8) is 0 Å². The highest BCUT2D eigenvalue weighted by Gasteiger charge is 2.17. The Labute approximate surface area is 138 Å². The van der Waals surface area contributed by atoms with Crippen molar-refractivity contribution in [3.05, 3.63) is 34.6 Å². The first-order valence-electron chi connectivity index (χ1n) is 7.53. The molecule has 1 aliphatic heterocycles. The Morgan fingerprint density at radius 3 is 2.96 bits per heavy atom. The summed E-state index contributed by atoms with van der Waals surface area (Å²) in [4.78, 5) is 20.8. The number of nitrogens with one attached hydrogen (secondary N) is 1. The van der Waals surface area contributed by atoms with Crippen molar-refractivity contribution in [1.29, 1.82) is 0 Å². The summed E-state index contributed by atoms with van der Waals surface area (Å²) in [5.41, 5.74) is 1.95. The van der Waals surface area contributed by atoms with Crippen LogP contribution in [-0.4, -0.2) is 35.7 Å². The largest absolute Gasteiger partial charge is 0.493 e. The number of aromatic nitrogens is 2. The molecule has 1 fully saturated rings. The fraction of sp³-hybridized carbons (Fsp3) is 0.438. The first-order valence-corrected chi connectivity index (χ1v) is 8.41. The van der Waals surface area contributed by atoms with E-state index >= 15 is 0 Å². The summed E-state index contributed by atoms with van der Waals surface area (Å²) in [5.74, 6) is 0.793. The van der Waals surface area contributed by atoms with Gasteiger partial charge in [-0.3, -0.25) is 10.1 Å². The van der Waals surface area contributed by atoms with Crippen molar-refractivity contribution in [2.75, 3.05) is 25.1 Å². The summed E-state index contributed by atoms with van der Waals surface area (Å²) in [6.07, 6.45) is 1.01. The molecule has 3 heterocycles. The van der Waals surface area contributed by atoms with E-state index in [1.807, 2.05) is 25.3 Å². The van der Waals surface area contributed by atoms with Gasteiger partial charge in [0.05, 0.1) is 18.9 Å². The molecule has 0 saturated carbocycles. The Kier molecular flexibility index (Phi) is 4.88. The standard InChI is InChI=1S/C16H19N3O3S/c1-10-5-13(22-8-12-3-4-21-7-12)6-14(17-10)15(20)19-16-18-11(2)9-23-16/h5-6,9,12H,3-4,7-8H2,1-2H3,(H,18,19,20)/t12-/m1/s1. The molecule has 0 aromatic carbocycles. The number of aryl methyl sites for hydroxylation is 2. The highest BCUT2D eigenvalue weighted by molar-refractivity contribution is 7.13. The number of carbonyl (C=O) groups excluding carboxylic acids is 1. The Morgan fingerprint density at radius 1 is 1.39 bits per heavy atom. The van der Waals surface area contributed by atoms with Gasteiger partial charge in [0.2, 0.25) is 0 Å². The summed E-state index contributed by atoms with van der Waals surface area (Å²) in [5, 5.41) is 5.22. The number of ether oxygens (including phenoxy) is 2. The van der Waals surface area contributed by atoms with Crippen LogP contribution in [0.5, 0.6) is 5.75 Å². The molecule has 6 nitrogen and oxygen atoms in total. The zero-order chi connectivity index (χ0) is 16.2. The van der Waals surface area contributed by atoms with Gasteiger partial charge in [0, 0.05) is 35.7 Å². The van der Waals surface area contributed by atoms with E-state index < -0.39 is 0 Å². The van der Waals surface area contributed by atoms with Gasteiger partial charge in [0.1, 0.15) is 11.4 Å². The Morgan fingerprint density at radius 2 is 2.26 bits per heavy atom. The number of hydrogen-bond acceptors (Lipinski definition) is 6. The van der Waals surface area contributed by atoms with Crippen molar-refractivity contribution in [2.45, 2.75) is 20.3 Å². The van der Waals surface area contributed by atoms with Gasteiger partial charge in [-0.25, -0.2) is 9.97 Å². The summed E-state index contributed by atoms with van der Waals surface area (Å²) in [7, 11) is 0. The van der Waals surface area contributed by atoms with Crippen LogP contribution < -0.4 is 10.1 Å². The molecule has 3 rings (SSSR count). The molecule has 122 valence electrons. The topological polar surface area (TPSA) is 73.3 Å². The highest BCUT2D eigenvalue weighted by atomic mass is 32.1. The maximum Gasteiger partial charge on any atom is 0.276 e. The summed E-state index contributed by atoms with van der Waals surface area (Å²) in [6.45, 7) is 5.85. The van der Waals surface area contributed by atoms with E-state index in [2.05, 4.69) is 15.3 Å². The summed E-state index contributed by atoms with van der Waals surface area (Å²) >= 11 is 1.39. The predicted molar refractivity (Wildman–Crippen MR) is 88.2 cm³/mol. The average molecular weight is 333 g/mol. The molecule has 0 bridgehead atoms. The van der Waals surface area contributed by atoms with Crippen LogP contribution in [0.4, 0.5) is 5.13 Å². The van der Waals surface area contributed by atoms with Gasteiger partial charge in [-0.1, -0.05) is 0 Å². The number of amides is 1. The van der Waals surface area contributed by atoms with Gasteiger partial charge in [-0.05, 0) is 20.3 Å². The molecule has 0 radical (unpaired) electrons. The van der Waals surface area contributed by atoms with Crippen molar-refractivity contribution in [2.24, 2.45) is 5.92 Å². The van der Waals surface area contributed by atoms with Crippen LogP contribution >= 0.6 is 11.3 Å². The van der Waals surface area contributed by atoms with Crippen LogP contribution in [0.15, 0.2) is 17.5 Å². The lowest BCUT2D eigenvalue weighted by Crippen LogP contribution is -2.15. The molecule has 0 unspecified atom stereocenters. The molecule has 2 aromatic rings. The van der Waals surface area contributed by atoms with Crippen LogP contribution in [0.1, 0.15) is 28.3 Å². The summed E-state index contributed by atoms with van der Waals surface area (Å²) in [6, 6.07) is 3.50. The van der Waals surface area contributed by atoms with E-state index in [0.29, 0.717) is 29.1 Å². The molecule has 0 aliphatic carbocycles. The van der Waals surface area contributed by atoms with Crippen LogP contribution in [0.3, 0.4) is 0 Å². The second-order valence-corrected chi connectivity index (χ2v) is 6.48. The van der Waals surface area contributed by atoms with Crippen molar-refractivity contribution >= 4 is 22.4 Å². The smallest absolute Gasteiger partial charge is 0.276 e. The fourth-order valence-corrected chi connectivity index (χ4v) is 3.02. The number of hydrogen-bond donors (Lipinski definition) is 1. The van der Waals surface area contributed by atoms with Crippen molar-refractivity contribution in [1.82, 2.24) is 9.97 Å². The van der Waals surface area contributed by atoms with Gasteiger partial charge in [0.15, 0.2) is 5.13 Å². The number of pyridine rings is 1. The minimum absolute atomic E-state index is 0.280. The predicted octanol–water partition coefficient (Wildman–Crippen LogP) is 2.82. The third kappa shape index (κ3) is 4.27. The average Bonchev–Trinajstić information content (AvgIpc) is 3.16. The molecule has 1 aliphatic rings. The zero-order valence-electron chi connectivity index (χ0n) is 13.2. The SMILES string of the molecule is Cc1cc(OC[C@@H]2CCOC2)cc(C(=O)Nc2nc(C)cs2)n1. The van der Waals surface area contributed by atoms with E-state index in [4.69, 9.17) is 9.47 Å². The maximum absolute atomic E-state index is 12.3. The van der Waals surface area contributed by atoms with Gasteiger partial charge >= 0.3 is 0 Å². The number of carbonyl (C=O) groups is 1. The lowest BCUT2D eigenvalue weighted by atomic mass is 10.1. The molecular formula is C16H19N3O3S. The molecule has 1 atom stereocenters. The normalized spacial score (nSPS) is 17.2. The van der Waals surface area contributed by atoms with Gasteiger partial charge in [-0.2, -0.15) is 0 Å². The molecule has 0 spiro atoms. The molecule has 7 heteroatoms. The lowest BCUT2D eigenvalue weighted by molar-refractivity contribution is 0.102. The van der Waals surface area contributed by atoms with Crippen LogP contribution in [0.25, 0.3) is 0 Å². The number of nitrogens with zero attached hydrogens (tertiary/aromatic N) is 2. The quantitative estimate of drug-likeness (QED) is 0.911. The molecular weight excluding hydrogens is 314 g/mol. The Hall–Kier alpha value is -1.99. The van der Waals surface area contributed by atoms with Crippen LogP contribution in [0.2, 0.25) is 0 Å². The van der Waals surface area contributed by atoms with E-state index in [1.165, 1.54) is 11.3 Å². The molecule has 1 N–H and O–H groups in total. The van der Waals surface area contributed by atoms with Gasteiger partial charge in [0.25, 0.3) is 5.91 Å². The van der Waals surface area contributed by atoms with E-state index in [-0.39, 0.29) is 5.91 Å². The lowest BCUT2D eigenvalue weighted by Gasteiger charge is -2.12. The van der Waals surface area contributed by atoms with E-state index in [0.717, 1.165) is 31.0 Å². The Bertz CT molecular complexity index is 696. The van der Waals surface area contributed by atoms with E-state index in [1.54, 1.807) is 6.07 Å². The molecule has 1 saturated heterocycles. The summed E-state index contributed by atoms with van der Waals surface area (Å²) < 4.78 is 11.1. The van der Waals surface area contributed by atoms with Gasteiger partial charge < -0.3 is 9.47 Å². The molecule has 23 heavy (non-hydrogen) atoms. The fourth-order valence-electron chi connectivity index (χ4n) is 2.34.